The predicted octanol–water partition coefficient (Wildman–Crippen LogP) is 3.40. The van der Waals surface area contributed by atoms with Crippen molar-refractivity contribution in [3.05, 3.63) is 35.7 Å². The van der Waals surface area contributed by atoms with Crippen LogP contribution in [0.5, 0.6) is 5.88 Å². The maximum absolute atomic E-state index is 12.8. The first kappa shape index (κ1) is 19.6. The Hall–Kier alpha value is -3.20. The first-order valence-electron chi connectivity index (χ1n) is 7.52. The molecular weight excluding hydrogens is 404 g/mol. The van der Waals surface area contributed by atoms with Crippen molar-refractivity contribution in [2.24, 2.45) is 0 Å². The van der Waals surface area contributed by atoms with Crippen LogP contribution in [-0.2, 0) is 9.84 Å². The van der Waals surface area contributed by atoms with Crippen LogP contribution in [0.1, 0.15) is 11.3 Å². The number of nitrogens with one attached hydrogen (secondary N) is 1. The second-order valence-electron chi connectivity index (χ2n) is 5.58. The summed E-state index contributed by atoms with van der Waals surface area (Å²) in [6.07, 6.45) is 1.20. The first-order chi connectivity index (χ1) is 13.2. The van der Waals surface area contributed by atoms with E-state index >= 15 is 0 Å². The van der Waals surface area contributed by atoms with Crippen molar-refractivity contribution in [3.8, 4) is 23.1 Å². The maximum Gasteiger partial charge on any atom is 0.388 e. The van der Waals surface area contributed by atoms with Crippen LogP contribution in [0.3, 0.4) is 0 Å². The lowest BCUT2D eigenvalue weighted by atomic mass is 9.99. The van der Waals surface area contributed by atoms with E-state index in [1.54, 1.807) is 6.07 Å². The second-order valence-corrected chi connectivity index (χ2v) is 7.46. The minimum Gasteiger partial charge on any atom is -0.415 e. The fourth-order valence-corrected chi connectivity index (χ4v) is 3.70. The Bertz CT molecular complexity index is 1200. The molecule has 28 heavy (non-hydrogen) atoms. The summed E-state index contributed by atoms with van der Waals surface area (Å²) in [5.41, 5.74) is 0.247. The number of rotatable bonds is 5. The Balaban J connectivity index is 2.28. The number of halogens is 4. The van der Waals surface area contributed by atoms with Gasteiger partial charge >= 0.3 is 12.4 Å². The van der Waals surface area contributed by atoms with Crippen LogP contribution in [0.4, 0.5) is 17.6 Å². The number of ether oxygens (including phenoxy) is 1. The highest BCUT2D eigenvalue weighted by atomic mass is 32.2. The quantitative estimate of drug-likeness (QED) is 0.641. The van der Waals surface area contributed by atoms with Gasteiger partial charge in [-0.25, -0.2) is 13.4 Å². The highest BCUT2D eigenvalue weighted by Crippen LogP contribution is 2.37. The molecule has 0 aliphatic carbocycles. The molecule has 3 aromatic rings. The maximum atomic E-state index is 12.8. The Kier molecular flexibility index (Phi) is 4.95. The van der Waals surface area contributed by atoms with Crippen molar-refractivity contribution >= 4 is 20.7 Å². The number of pyridine rings is 1. The van der Waals surface area contributed by atoms with Crippen LogP contribution in [0.15, 0.2) is 29.3 Å². The summed E-state index contributed by atoms with van der Waals surface area (Å²) in [6, 6.07) is 5.18. The molecule has 0 aliphatic heterocycles. The zero-order valence-electron chi connectivity index (χ0n) is 14.0. The smallest absolute Gasteiger partial charge is 0.388 e. The minimum atomic E-state index is -4.83. The van der Waals surface area contributed by atoms with Gasteiger partial charge in [0.2, 0.25) is 15.7 Å². The van der Waals surface area contributed by atoms with E-state index in [0.717, 1.165) is 6.07 Å². The summed E-state index contributed by atoms with van der Waals surface area (Å²) in [5.74, 6) is -4.09. The van der Waals surface area contributed by atoms with Gasteiger partial charge in [-0.15, -0.1) is 5.10 Å². The van der Waals surface area contributed by atoms with Gasteiger partial charge in [0.25, 0.3) is 0 Å². The Labute approximate surface area is 155 Å². The highest BCUT2D eigenvalue weighted by Gasteiger charge is 2.29. The summed E-state index contributed by atoms with van der Waals surface area (Å²) in [7, 11) is -4.83. The van der Waals surface area contributed by atoms with Crippen LogP contribution in [0.25, 0.3) is 22.0 Å². The summed E-state index contributed by atoms with van der Waals surface area (Å²) in [6.45, 7) is -1.89. The number of nitrogens with zero attached hydrogens (tertiary/aromatic N) is 3. The van der Waals surface area contributed by atoms with E-state index in [0.29, 0.717) is 0 Å². The molecule has 0 amide bonds. The number of aromatic nitrogens is 3. The lowest BCUT2D eigenvalue weighted by Crippen LogP contribution is -2.12. The minimum absolute atomic E-state index is 0.0153. The lowest BCUT2D eigenvalue weighted by Gasteiger charge is -2.11. The molecule has 2 heterocycles. The topological polar surface area (TPSA) is 109 Å². The summed E-state index contributed by atoms with van der Waals surface area (Å²) < 4.78 is 78.8. The number of aromatic amines is 1. The van der Waals surface area contributed by atoms with Crippen LogP contribution < -0.4 is 4.74 Å². The van der Waals surface area contributed by atoms with Gasteiger partial charge in [-0.3, -0.25) is 5.10 Å². The monoisotopic (exact) mass is 414 g/mol. The van der Waals surface area contributed by atoms with E-state index in [4.69, 9.17) is 0 Å². The van der Waals surface area contributed by atoms with Gasteiger partial charge in [-0.1, -0.05) is 12.1 Å². The third kappa shape index (κ3) is 3.24. The van der Waals surface area contributed by atoms with E-state index in [9.17, 15) is 31.2 Å². The van der Waals surface area contributed by atoms with E-state index in [-0.39, 0.29) is 33.3 Å². The van der Waals surface area contributed by atoms with E-state index < -0.39 is 33.0 Å². The van der Waals surface area contributed by atoms with Crippen LogP contribution in [-0.4, -0.2) is 36.0 Å². The molecule has 7 nitrogen and oxygen atoms in total. The molecule has 0 radical (unpaired) electrons. The Morgan fingerprint density at radius 3 is 2.54 bits per heavy atom. The zero-order chi connectivity index (χ0) is 20.6. The molecular formula is C16H10F4N4O3S. The second kappa shape index (κ2) is 7.08. The molecule has 0 saturated heterocycles. The normalized spacial score (nSPS) is 11.9. The molecule has 0 fully saturated rings. The number of hydrogen-bond acceptors (Lipinski definition) is 6. The van der Waals surface area contributed by atoms with E-state index in [1.165, 1.54) is 25.3 Å². The van der Waals surface area contributed by atoms with Crippen molar-refractivity contribution in [2.45, 2.75) is 24.2 Å². The average Bonchev–Trinajstić information content (AvgIpc) is 3.02. The number of nitriles is 1. The number of benzene rings is 1. The van der Waals surface area contributed by atoms with Crippen molar-refractivity contribution in [3.63, 3.8) is 0 Å². The van der Waals surface area contributed by atoms with Gasteiger partial charge in [0, 0.05) is 5.56 Å². The molecule has 0 spiro atoms. The van der Waals surface area contributed by atoms with Crippen molar-refractivity contribution in [1.29, 1.82) is 5.26 Å². The third-order valence-corrected chi connectivity index (χ3v) is 5.42. The number of aryl methyl sites for hydroxylation is 1. The third-order valence-electron chi connectivity index (χ3n) is 3.88. The SMILES string of the molecule is Cc1cc(-c2c(C#N)ncc3[nH]nc(OC(F)F)c23)ccc1S(=O)(=O)C(F)F. The summed E-state index contributed by atoms with van der Waals surface area (Å²) in [5, 5.41) is 15.4. The average molecular weight is 414 g/mol. The molecule has 0 atom stereocenters. The highest BCUT2D eigenvalue weighted by molar-refractivity contribution is 7.91. The van der Waals surface area contributed by atoms with Crippen LogP contribution in [0.2, 0.25) is 0 Å². The lowest BCUT2D eigenvalue weighted by molar-refractivity contribution is -0.0518. The fraction of sp³-hybridized carbons (Fsp3) is 0.188. The number of hydrogen-bond donors (Lipinski definition) is 1. The molecule has 0 unspecified atom stereocenters. The van der Waals surface area contributed by atoms with Gasteiger partial charge in [-0.05, 0) is 24.1 Å². The molecule has 146 valence electrons. The number of H-pyrrole nitrogens is 1. The molecule has 2 aromatic heterocycles. The van der Waals surface area contributed by atoms with Gasteiger partial charge in [0.1, 0.15) is 11.8 Å². The molecule has 0 saturated carbocycles. The van der Waals surface area contributed by atoms with Gasteiger partial charge in [-0.2, -0.15) is 22.8 Å². The van der Waals surface area contributed by atoms with E-state index in [2.05, 4.69) is 19.9 Å². The molecule has 0 aliphatic rings. The standard InChI is InChI=1S/C16H10F4N4O3S/c1-7-4-8(2-3-11(7)28(25,26)16(19)20)12-9(5-21)22-6-10-13(12)14(24-23-10)27-15(17)18/h2-4,6,15-16H,1H3,(H,23,24). The number of fused-ring (bicyclic) bond motifs is 1. The van der Waals surface area contributed by atoms with Crippen molar-refractivity contribution in [1.82, 2.24) is 15.2 Å². The summed E-state index contributed by atoms with van der Waals surface area (Å²) >= 11 is 0. The first-order valence-corrected chi connectivity index (χ1v) is 9.06. The largest absolute Gasteiger partial charge is 0.415 e. The predicted molar refractivity (Wildman–Crippen MR) is 88.6 cm³/mol. The van der Waals surface area contributed by atoms with Gasteiger partial charge < -0.3 is 4.74 Å². The molecule has 1 N–H and O–H groups in total. The van der Waals surface area contributed by atoms with Gasteiger partial charge in [0.15, 0.2) is 0 Å². The number of alkyl halides is 4. The van der Waals surface area contributed by atoms with E-state index in [1.807, 2.05) is 0 Å². The van der Waals surface area contributed by atoms with Crippen LogP contribution >= 0.6 is 0 Å². The summed E-state index contributed by atoms with van der Waals surface area (Å²) in [4.78, 5) is 3.33. The number of sulfone groups is 1. The van der Waals surface area contributed by atoms with Crippen molar-refractivity contribution in [2.75, 3.05) is 0 Å². The zero-order valence-corrected chi connectivity index (χ0v) is 14.8. The molecule has 3 rings (SSSR count). The molecule has 12 heteroatoms. The molecule has 0 bridgehead atoms. The fourth-order valence-electron chi connectivity index (χ4n) is 2.74. The van der Waals surface area contributed by atoms with Crippen molar-refractivity contribution < 1.29 is 30.7 Å². The Morgan fingerprint density at radius 1 is 1.25 bits per heavy atom. The van der Waals surface area contributed by atoms with Crippen LogP contribution in [0, 0.1) is 18.3 Å². The Morgan fingerprint density at radius 2 is 1.96 bits per heavy atom. The molecule has 1 aromatic carbocycles. The van der Waals surface area contributed by atoms with Gasteiger partial charge in [0.05, 0.1) is 22.0 Å².